The summed E-state index contributed by atoms with van der Waals surface area (Å²) in [6.45, 7) is 6.92. The van der Waals surface area contributed by atoms with E-state index in [2.05, 4.69) is 27.9 Å². The highest BCUT2D eigenvalue weighted by molar-refractivity contribution is 7.47. The molecule has 1 unspecified atom stereocenters. The molecule has 40 heavy (non-hydrogen) atoms. The average Bonchev–Trinajstić information content (AvgIpc) is 2.91. The summed E-state index contributed by atoms with van der Waals surface area (Å²) in [6, 6.07) is 0. The molecule has 0 heterocycles. The second-order valence-electron chi connectivity index (χ2n) is 13.0. The Labute approximate surface area is 251 Å². The molecule has 1 atom stereocenters. The molecule has 1 N–H and O–H groups in total. The molecule has 0 bridgehead atoms. The van der Waals surface area contributed by atoms with Gasteiger partial charge in [-0.1, -0.05) is 162 Å². The van der Waals surface area contributed by atoms with Gasteiger partial charge in [0.15, 0.2) is 0 Å². The Kier molecular flexibility index (Phi) is 29.2. The van der Waals surface area contributed by atoms with Gasteiger partial charge in [0.2, 0.25) is 0 Å². The van der Waals surface area contributed by atoms with Crippen LogP contribution in [-0.4, -0.2) is 49.8 Å². The number of quaternary nitrogens is 1. The Hall–Kier alpha value is 0.0700. The van der Waals surface area contributed by atoms with E-state index in [0.29, 0.717) is 6.61 Å². The molecule has 0 aliphatic carbocycles. The maximum absolute atomic E-state index is 12.2. The van der Waals surface area contributed by atoms with Gasteiger partial charge in [-0.25, -0.2) is 4.57 Å². The minimum atomic E-state index is -3.93. The van der Waals surface area contributed by atoms with Crippen LogP contribution in [0.5, 0.6) is 0 Å². The lowest BCUT2D eigenvalue weighted by Gasteiger charge is -2.29. The smallest absolute Gasteiger partial charge is 0.327 e. The van der Waals surface area contributed by atoms with Crippen LogP contribution < -0.4 is 0 Å². The zero-order valence-corrected chi connectivity index (χ0v) is 28.7. The summed E-state index contributed by atoms with van der Waals surface area (Å²) in [5.41, 5.74) is 0. The monoisotopic (exact) mass is 591 g/mol. The molecule has 0 aliphatic rings. The van der Waals surface area contributed by atoms with Crippen molar-refractivity contribution in [3.8, 4) is 0 Å². The standard InChI is InChI=1S/C34H72NO4P/c1-5-7-9-11-13-15-17-18-19-20-21-22-24-26-28-30-33-38-40(36,37)39-34-32-35(3,4)31-29-27-25-23-16-14-12-10-8-6-2/h5-34H2,1-4H3/p+1. The largest absolute Gasteiger partial charge is 0.472 e. The van der Waals surface area contributed by atoms with Gasteiger partial charge in [-0.15, -0.1) is 0 Å². The number of hydrogen-bond donors (Lipinski definition) is 1. The van der Waals surface area contributed by atoms with Gasteiger partial charge >= 0.3 is 7.82 Å². The second-order valence-corrected chi connectivity index (χ2v) is 14.5. The topological polar surface area (TPSA) is 55.8 Å². The Balaban J connectivity index is 3.51. The molecule has 5 nitrogen and oxygen atoms in total. The van der Waals surface area contributed by atoms with Crippen LogP contribution in [0.4, 0.5) is 0 Å². The first-order valence-corrected chi connectivity index (χ1v) is 19.3. The summed E-state index contributed by atoms with van der Waals surface area (Å²) in [6.07, 6.45) is 34.5. The summed E-state index contributed by atoms with van der Waals surface area (Å²) in [5, 5.41) is 0. The number of hydrogen-bond acceptors (Lipinski definition) is 3. The molecule has 0 radical (unpaired) electrons. The fourth-order valence-corrected chi connectivity index (χ4v) is 6.16. The van der Waals surface area contributed by atoms with Crippen LogP contribution in [0, 0.1) is 0 Å². The highest BCUT2D eigenvalue weighted by atomic mass is 31.2. The number of phosphoric ester groups is 1. The van der Waals surface area contributed by atoms with Crippen molar-refractivity contribution < 1.29 is 23.0 Å². The molecule has 0 rings (SSSR count). The van der Waals surface area contributed by atoms with Crippen molar-refractivity contribution in [2.45, 2.75) is 181 Å². The van der Waals surface area contributed by atoms with Gasteiger partial charge in [-0.2, -0.15) is 0 Å². The van der Waals surface area contributed by atoms with Gasteiger partial charge in [0.1, 0.15) is 13.2 Å². The van der Waals surface area contributed by atoms with Crippen LogP contribution in [0.3, 0.4) is 0 Å². The Bertz CT molecular complexity index is 558. The van der Waals surface area contributed by atoms with E-state index >= 15 is 0 Å². The van der Waals surface area contributed by atoms with E-state index in [0.717, 1.165) is 30.4 Å². The van der Waals surface area contributed by atoms with Gasteiger partial charge < -0.3 is 9.38 Å². The lowest BCUT2D eigenvalue weighted by Crippen LogP contribution is -2.42. The number of unbranched alkanes of at least 4 members (excludes halogenated alkanes) is 24. The van der Waals surface area contributed by atoms with E-state index in [4.69, 9.17) is 9.05 Å². The van der Waals surface area contributed by atoms with Crippen LogP contribution in [0.2, 0.25) is 0 Å². The normalized spacial score (nSPS) is 13.6. The fourth-order valence-electron chi connectivity index (χ4n) is 5.41. The van der Waals surface area contributed by atoms with Gasteiger partial charge in [-0.3, -0.25) is 9.05 Å². The molecule has 6 heteroatoms. The van der Waals surface area contributed by atoms with Crippen LogP contribution in [-0.2, 0) is 13.6 Å². The van der Waals surface area contributed by atoms with E-state index in [1.165, 1.54) is 154 Å². The van der Waals surface area contributed by atoms with Gasteiger partial charge in [0, 0.05) is 0 Å². The SMILES string of the molecule is CCCCCCCCCCCCCCCCCCOP(=O)(O)OCC[N+](C)(C)CCCCCCCCCCCC. The molecule has 0 spiro atoms. The molecule has 0 saturated carbocycles. The Morgan fingerprint density at radius 3 is 1.12 bits per heavy atom. The van der Waals surface area contributed by atoms with E-state index in [1.807, 2.05) is 0 Å². The Morgan fingerprint density at radius 1 is 0.450 bits per heavy atom. The molecule has 242 valence electrons. The van der Waals surface area contributed by atoms with Crippen molar-refractivity contribution in [2.24, 2.45) is 0 Å². The quantitative estimate of drug-likeness (QED) is 0.0469. The molecule has 0 aliphatic heterocycles. The molecule has 0 aromatic heterocycles. The van der Waals surface area contributed by atoms with Crippen LogP contribution >= 0.6 is 7.82 Å². The third kappa shape index (κ3) is 31.0. The summed E-state index contributed by atoms with van der Waals surface area (Å²) in [4.78, 5) is 10.0. The van der Waals surface area contributed by atoms with Crippen molar-refractivity contribution in [1.29, 1.82) is 0 Å². The molecular formula is C34H73NO4P+. The van der Waals surface area contributed by atoms with Crippen molar-refractivity contribution in [2.75, 3.05) is 40.4 Å². The number of phosphoric acid groups is 1. The average molecular weight is 591 g/mol. The number of rotatable bonds is 33. The lowest BCUT2D eigenvalue weighted by atomic mass is 10.0. The second kappa shape index (κ2) is 29.2. The molecule has 0 aromatic rings. The van der Waals surface area contributed by atoms with Crippen molar-refractivity contribution in [3.63, 3.8) is 0 Å². The minimum absolute atomic E-state index is 0.261. The number of nitrogens with zero attached hydrogens (tertiary/aromatic N) is 1. The molecule has 0 aromatic carbocycles. The van der Waals surface area contributed by atoms with E-state index < -0.39 is 7.82 Å². The first-order valence-electron chi connectivity index (χ1n) is 17.8. The van der Waals surface area contributed by atoms with Crippen LogP contribution in [0.15, 0.2) is 0 Å². The fraction of sp³-hybridized carbons (Fsp3) is 1.00. The van der Waals surface area contributed by atoms with Gasteiger partial charge in [0.05, 0.1) is 27.2 Å². The van der Waals surface area contributed by atoms with Crippen LogP contribution in [0.1, 0.15) is 181 Å². The maximum Gasteiger partial charge on any atom is 0.472 e. The zero-order valence-electron chi connectivity index (χ0n) is 27.8. The Morgan fingerprint density at radius 2 is 0.750 bits per heavy atom. The van der Waals surface area contributed by atoms with E-state index in [1.54, 1.807) is 0 Å². The van der Waals surface area contributed by atoms with E-state index in [9.17, 15) is 9.46 Å². The van der Waals surface area contributed by atoms with E-state index in [-0.39, 0.29) is 6.61 Å². The third-order valence-electron chi connectivity index (χ3n) is 8.32. The number of likely N-dealkylation sites (N-methyl/N-ethyl adjacent to an activating group) is 1. The zero-order chi connectivity index (χ0) is 29.6. The van der Waals surface area contributed by atoms with Gasteiger partial charge in [0.25, 0.3) is 0 Å². The molecule has 0 fully saturated rings. The summed E-state index contributed by atoms with van der Waals surface area (Å²) in [7, 11) is 0.421. The maximum atomic E-state index is 12.2. The highest BCUT2D eigenvalue weighted by Crippen LogP contribution is 2.43. The predicted octanol–water partition coefficient (Wildman–Crippen LogP) is 11.4. The van der Waals surface area contributed by atoms with Crippen molar-refractivity contribution in [1.82, 2.24) is 0 Å². The molecular weight excluding hydrogens is 517 g/mol. The summed E-state index contributed by atoms with van der Waals surface area (Å²) in [5.74, 6) is 0. The first-order chi connectivity index (χ1) is 19.3. The van der Waals surface area contributed by atoms with Crippen molar-refractivity contribution >= 4 is 7.82 Å². The van der Waals surface area contributed by atoms with Crippen LogP contribution in [0.25, 0.3) is 0 Å². The first kappa shape index (κ1) is 40.1. The summed E-state index contributed by atoms with van der Waals surface area (Å²) < 4.78 is 23.5. The van der Waals surface area contributed by atoms with Gasteiger partial charge in [-0.05, 0) is 19.3 Å². The highest BCUT2D eigenvalue weighted by Gasteiger charge is 2.23. The third-order valence-corrected chi connectivity index (χ3v) is 9.34. The van der Waals surface area contributed by atoms with Crippen molar-refractivity contribution in [3.05, 3.63) is 0 Å². The predicted molar refractivity (Wildman–Crippen MR) is 175 cm³/mol. The summed E-state index contributed by atoms with van der Waals surface area (Å²) >= 11 is 0. The molecule has 0 amide bonds. The minimum Gasteiger partial charge on any atom is -0.327 e. The lowest BCUT2D eigenvalue weighted by molar-refractivity contribution is -0.890. The molecule has 0 saturated heterocycles.